The van der Waals surface area contributed by atoms with E-state index in [1.165, 1.54) is 17.5 Å². The van der Waals surface area contributed by atoms with Crippen molar-refractivity contribution < 1.29 is 9.66 Å². The summed E-state index contributed by atoms with van der Waals surface area (Å²) >= 11 is 0. The number of hydrogen-bond acceptors (Lipinski definition) is 8. The van der Waals surface area contributed by atoms with Gasteiger partial charge >= 0.3 is 5.69 Å². The number of rotatable bonds is 9. The van der Waals surface area contributed by atoms with Crippen molar-refractivity contribution in [2.75, 3.05) is 36.4 Å². The van der Waals surface area contributed by atoms with Crippen LogP contribution in [0.4, 0.5) is 23.0 Å². The van der Waals surface area contributed by atoms with Gasteiger partial charge in [-0.15, -0.1) is 0 Å². The number of aromatic nitrogens is 2. The molecule has 42 heavy (non-hydrogen) atoms. The zero-order valence-electron chi connectivity index (χ0n) is 22.9. The summed E-state index contributed by atoms with van der Waals surface area (Å²) < 4.78 is 5.85. The molecule has 4 aromatic carbocycles. The zero-order chi connectivity index (χ0) is 28.7. The van der Waals surface area contributed by atoms with Crippen LogP contribution < -0.4 is 15.0 Å². The third-order valence-electron chi connectivity index (χ3n) is 7.29. The highest BCUT2D eigenvalue weighted by molar-refractivity contribution is 5.74. The largest absolute Gasteiger partial charge is 0.457 e. The van der Waals surface area contributed by atoms with Crippen molar-refractivity contribution in [3.05, 3.63) is 143 Å². The van der Waals surface area contributed by atoms with Crippen LogP contribution in [0, 0.1) is 10.1 Å². The summed E-state index contributed by atoms with van der Waals surface area (Å²) in [6.07, 6.45) is 1.38. The van der Waals surface area contributed by atoms with E-state index in [0.29, 0.717) is 30.3 Å². The number of piperazine rings is 1. The van der Waals surface area contributed by atoms with E-state index in [9.17, 15) is 10.1 Å². The van der Waals surface area contributed by atoms with Crippen LogP contribution in [0.5, 0.6) is 11.5 Å². The van der Waals surface area contributed by atoms with Gasteiger partial charge in [-0.2, -0.15) is 0 Å². The standard InChI is InChI=1S/C33H30N6O3/c40-39(41)31-32(36-27-16-18-29(19-17-27)42-28-14-8-3-9-15-28)34-24-35-33(31)38-22-20-37(21-23-38)30(25-10-4-1-5-11-25)26-12-6-2-7-13-26/h1-19,24,30H,20-23H2,(H,34,35,36). The summed E-state index contributed by atoms with van der Waals surface area (Å²) in [6.45, 7) is 2.64. The summed E-state index contributed by atoms with van der Waals surface area (Å²) in [7, 11) is 0. The van der Waals surface area contributed by atoms with Gasteiger partial charge in [-0.1, -0.05) is 78.9 Å². The van der Waals surface area contributed by atoms with Crippen molar-refractivity contribution in [1.82, 2.24) is 14.9 Å². The lowest BCUT2D eigenvalue weighted by Gasteiger charge is -2.40. The van der Waals surface area contributed by atoms with Crippen LogP contribution in [0.2, 0.25) is 0 Å². The maximum absolute atomic E-state index is 12.3. The fourth-order valence-electron chi connectivity index (χ4n) is 5.30. The first-order chi connectivity index (χ1) is 20.7. The average molecular weight is 559 g/mol. The van der Waals surface area contributed by atoms with Gasteiger partial charge in [0.15, 0.2) is 0 Å². The summed E-state index contributed by atoms with van der Waals surface area (Å²) in [5.41, 5.74) is 2.95. The fraction of sp³-hybridized carbons (Fsp3) is 0.152. The predicted molar refractivity (Wildman–Crippen MR) is 163 cm³/mol. The molecule has 0 aliphatic carbocycles. The normalized spacial score (nSPS) is 13.6. The lowest BCUT2D eigenvalue weighted by molar-refractivity contribution is -0.383. The average Bonchev–Trinajstić information content (AvgIpc) is 3.04. The first-order valence-electron chi connectivity index (χ1n) is 13.8. The van der Waals surface area contributed by atoms with Gasteiger partial charge in [0.05, 0.1) is 11.0 Å². The van der Waals surface area contributed by atoms with Crippen molar-refractivity contribution in [3.63, 3.8) is 0 Å². The van der Waals surface area contributed by atoms with Gasteiger partial charge in [0, 0.05) is 31.9 Å². The molecule has 9 heteroatoms. The molecule has 0 unspecified atom stereocenters. The van der Waals surface area contributed by atoms with E-state index in [2.05, 4.69) is 68.7 Å². The number of ether oxygens (including phenoxy) is 1. The van der Waals surface area contributed by atoms with Crippen LogP contribution in [0.25, 0.3) is 0 Å². The molecule has 1 saturated heterocycles. The quantitative estimate of drug-likeness (QED) is 0.155. The van der Waals surface area contributed by atoms with Crippen molar-refractivity contribution in [2.24, 2.45) is 0 Å². The monoisotopic (exact) mass is 558 g/mol. The number of nitrogens with zero attached hydrogens (tertiary/aromatic N) is 5. The fourth-order valence-corrected chi connectivity index (χ4v) is 5.30. The van der Waals surface area contributed by atoms with Gasteiger partial charge in [-0.05, 0) is 47.5 Å². The molecular weight excluding hydrogens is 528 g/mol. The number of benzene rings is 4. The van der Waals surface area contributed by atoms with E-state index >= 15 is 0 Å². The maximum Gasteiger partial charge on any atom is 0.353 e. The Kier molecular flexibility index (Phi) is 8.00. The van der Waals surface area contributed by atoms with E-state index in [0.717, 1.165) is 18.8 Å². The number of hydrogen-bond donors (Lipinski definition) is 1. The molecule has 6 rings (SSSR count). The number of nitro groups is 1. The second-order valence-corrected chi connectivity index (χ2v) is 9.96. The van der Waals surface area contributed by atoms with E-state index in [4.69, 9.17) is 4.74 Å². The van der Waals surface area contributed by atoms with Crippen molar-refractivity contribution in [3.8, 4) is 11.5 Å². The molecule has 0 spiro atoms. The molecular formula is C33H30N6O3. The summed E-state index contributed by atoms with van der Waals surface area (Å²) in [6, 6.07) is 37.7. The van der Waals surface area contributed by atoms with E-state index in [-0.39, 0.29) is 17.5 Å². The molecule has 0 amide bonds. The molecule has 1 N–H and O–H groups in total. The molecule has 2 heterocycles. The smallest absolute Gasteiger partial charge is 0.353 e. The van der Waals surface area contributed by atoms with Crippen LogP contribution in [-0.4, -0.2) is 46.0 Å². The first kappa shape index (κ1) is 26.9. The van der Waals surface area contributed by atoms with Crippen LogP contribution in [0.1, 0.15) is 17.2 Å². The Morgan fingerprint density at radius 2 is 1.26 bits per heavy atom. The van der Waals surface area contributed by atoms with Gasteiger partial charge in [0.25, 0.3) is 0 Å². The Morgan fingerprint density at radius 1 is 0.714 bits per heavy atom. The number of nitrogens with one attached hydrogen (secondary N) is 1. The van der Waals surface area contributed by atoms with Crippen molar-refractivity contribution in [1.29, 1.82) is 0 Å². The summed E-state index contributed by atoms with van der Waals surface area (Å²) in [4.78, 5) is 24.9. The molecule has 1 aliphatic heterocycles. The van der Waals surface area contributed by atoms with Gasteiger partial charge < -0.3 is 15.0 Å². The highest BCUT2D eigenvalue weighted by Gasteiger charge is 2.32. The minimum absolute atomic E-state index is 0.0982. The Balaban J connectivity index is 1.19. The topological polar surface area (TPSA) is 96.7 Å². The summed E-state index contributed by atoms with van der Waals surface area (Å²) in [5.74, 6) is 1.85. The molecule has 1 aromatic heterocycles. The third kappa shape index (κ3) is 6.06. The summed E-state index contributed by atoms with van der Waals surface area (Å²) in [5, 5.41) is 15.4. The molecule has 5 aromatic rings. The Labute approximate surface area is 244 Å². The molecule has 0 saturated carbocycles. The van der Waals surface area contributed by atoms with Gasteiger partial charge in [0.1, 0.15) is 17.8 Å². The highest BCUT2D eigenvalue weighted by atomic mass is 16.6. The minimum atomic E-state index is -0.409. The van der Waals surface area contributed by atoms with Crippen LogP contribution >= 0.6 is 0 Å². The predicted octanol–water partition coefficient (Wildman–Crippen LogP) is 6.83. The molecule has 9 nitrogen and oxygen atoms in total. The van der Waals surface area contributed by atoms with Crippen LogP contribution in [0.3, 0.4) is 0 Å². The van der Waals surface area contributed by atoms with Gasteiger partial charge in [0.2, 0.25) is 11.6 Å². The van der Waals surface area contributed by atoms with E-state index in [1.54, 1.807) is 24.3 Å². The Hall–Kier alpha value is -5.28. The van der Waals surface area contributed by atoms with E-state index < -0.39 is 4.92 Å². The maximum atomic E-state index is 12.3. The second kappa shape index (κ2) is 12.5. The lowest BCUT2D eigenvalue weighted by Crippen LogP contribution is -2.48. The van der Waals surface area contributed by atoms with E-state index in [1.807, 2.05) is 47.4 Å². The highest BCUT2D eigenvalue weighted by Crippen LogP contribution is 2.36. The third-order valence-corrected chi connectivity index (χ3v) is 7.29. The Morgan fingerprint density at radius 3 is 1.83 bits per heavy atom. The molecule has 0 atom stereocenters. The van der Waals surface area contributed by atoms with Gasteiger partial charge in [-0.3, -0.25) is 15.0 Å². The number of para-hydroxylation sites is 1. The molecule has 1 fully saturated rings. The van der Waals surface area contributed by atoms with Crippen molar-refractivity contribution >= 4 is 23.0 Å². The Bertz CT molecular complexity index is 1570. The van der Waals surface area contributed by atoms with Crippen LogP contribution in [0.15, 0.2) is 122 Å². The van der Waals surface area contributed by atoms with Crippen LogP contribution in [-0.2, 0) is 0 Å². The minimum Gasteiger partial charge on any atom is -0.457 e. The molecule has 0 bridgehead atoms. The van der Waals surface area contributed by atoms with Crippen molar-refractivity contribution in [2.45, 2.75) is 6.04 Å². The molecule has 1 aliphatic rings. The van der Waals surface area contributed by atoms with Gasteiger partial charge in [-0.25, -0.2) is 9.97 Å². The molecule has 210 valence electrons. The molecule has 0 radical (unpaired) electrons. The first-order valence-corrected chi connectivity index (χ1v) is 13.8. The second-order valence-electron chi connectivity index (χ2n) is 9.96. The number of anilines is 3. The zero-order valence-corrected chi connectivity index (χ0v) is 22.9. The lowest BCUT2D eigenvalue weighted by atomic mass is 9.96. The SMILES string of the molecule is O=[N+]([O-])c1c(Nc2ccc(Oc3ccccc3)cc2)ncnc1N1CCN(C(c2ccccc2)c2ccccc2)CC1.